The Morgan fingerprint density at radius 3 is 2.55 bits per heavy atom. The molecule has 0 unspecified atom stereocenters. The monoisotopic (exact) mass is 284 g/mol. The van der Waals surface area contributed by atoms with E-state index in [1.807, 2.05) is 0 Å². The molecule has 4 nitrogen and oxygen atoms in total. The molecule has 0 bridgehead atoms. The summed E-state index contributed by atoms with van der Waals surface area (Å²) in [7, 11) is 0. The number of piperidine rings is 1. The van der Waals surface area contributed by atoms with E-state index in [4.69, 9.17) is 4.74 Å². The van der Waals surface area contributed by atoms with Gasteiger partial charge in [0.15, 0.2) is 0 Å². The average molecular weight is 284 g/mol. The van der Waals surface area contributed by atoms with Crippen molar-refractivity contribution in [1.82, 2.24) is 5.32 Å². The van der Waals surface area contributed by atoms with Gasteiger partial charge >= 0.3 is 0 Å². The van der Waals surface area contributed by atoms with Crippen LogP contribution in [0.3, 0.4) is 0 Å². The summed E-state index contributed by atoms with van der Waals surface area (Å²) in [6, 6.07) is 2.92. The molecule has 1 aromatic carbocycles. The molecule has 0 atom stereocenters. The SMILES string of the molecule is O=C(CCOC1CCNCC1)Nc1cc(F)cc(F)c1. The van der Waals surface area contributed by atoms with E-state index >= 15 is 0 Å². The lowest BCUT2D eigenvalue weighted by Crippen LogP contribution is -2.33. The number of nitrogens with one attached hydrogen (secondary N) is 2. The maximum Gasteiger partial charge on any atom is 0.226 e. The van der Waals surface area contributed by atoms with E-state index < -0.39 is 11.6 Å². The number of amides is 1. The average Bonchev–Trinajstić information content (AvgIpc) is 2.38. The third kappa shape index (κ3) is 4.86. The standard InChI is InChI=1S/C14H18F2N2O2/c15-10-7-11(16)9-12(8-10)18-14(19)3-6-20-13-1-4-17-5-2-13/h7-9,13,17H,1-6H2,(H,18,19). The summed E-state index contributed by atoms with van der Waals surface area (Å²) in [4.78, 5) is 11.6. The Morgan fingerprint density at radius 2 is 1.90 bits per heavy atom. The number of carbonyl (C=O) groups excluding carboxylic acids is 1. The molecular formula is C14H18F2N2O2. The Balaban J connectivity index is 1.72. The zero-order chi connectivity index (χ0) is 14.4. The topological polar surface area (TPSA) is 50.4 Å². The Morgan fingerprint density at radius 1 is 1.25 bits per heavy atom. The Kier molecular flexibility index (Phi) is 5.43. The quantitative estimate of drug-likeness (QED) is 0.870. The Bertz CT molecular complexity index is 442. The van der Waals surface area contributed by atoms with Crippen LogP contribution in [0.2, 0.25) is 0 Å². The first kappa shape index (κ1) is 14.9. The first-order valence-corrected chi connectivity index (χ1v) is 6.72. The second kappa shape index (κ2) is 7.31. The summed E-state index contributed by atoms with van der Waals surface area (Å²) in [5, 5.41) is 5.68. The van der Waals surface area contributed by atoms with E-state index in [1.165, 1.54) is 0 Å². The summed E-state index contributed by atoms with van der Waals surface area (Å²) in [6.07, 6.45) is 2.24. The molecule has 6 heteroatoms. The lowest BCUT2D eigenvalue weighted by Gasteiger charge is -2.22. The van der Waals surface area contributed by atoms with Crippen LogP contribution in [0.5, 0.6) is 0 Å². The van der Waals surface area contributed by atoms with Gasteiger partial charge in [0, 0.05) is 11.8 Å². The largest absolute Gasteiger partial charge is 0.378 e. The van der Waals surface area contributed by atoms with Gasteiger partial charge < -0.3 is 15.4 Å². The van der Waals surface area contributed by atoms with Gasteiger partial charge in [-0.15, -0.1) is 0 Å². The van der Waals surface area contributed by atoms with Crippen LogP contribution in [-0.4, -0.2) is 31.7 Å². The molecule has 1 heterocycles. The van der Waals surface area contributed by atoms with Crippen LogP contribution < -0.4 is 10.6 Å². The van der Waals surface area contributed by atoms with Gasteiger partial charge in [-0.1, -0.05) is 0 Å². The number of ether oxygens (including phenoxy) is 1. The van der Waals surface area contributed by atoms with Crippen molar-refractivity contribution in [2.24, 2.45) is 0 Å². The second-order valence-corrected chi connectivity index (χ2v) is 4.78. The lowest BCUT2D eigenvalue weighted by atomic mass is 10.1. The van der Waals surface area contributed by atoms with Crippen molar-refractivity contribution in [2.45, 2.75) is 25.4 Å². The Labute approximate surface area is 116 Å². The molecule has 2 N–H and O–H groups in total. The number of anilines is 1. The van der Waals surface area contributed by atoms with Gasteiger partial charge in [-0.05, 0) is 38.1 Å². The van der Waals surface area contributed by atoms with Crippen molar-refractivity contribution in [1.29, 1.82) is 0 Å². The van der Waals surface area contributed by atoms with Crippen molar-refractivity contribution >= 4 is 11.6 Å². The van der Waals surface area contributed by atoms with Gasteiger partial charge in [0.1, 0.15) is 11.6 Å². The third-order valence-electron chi connectivity index (χ3n) is 3.12. The highest BCUT2D eigenvalue weighted by molar-refractivity contribution is 5.90. The highest BCUT2D eigenvalue weighted by Crippen LogP contribution is 2.13. The van der Waals surface area contributed by atoms with Crippen molar-refractivity contribution in [2.75, 3.05) is 25.0 Å². The summed E-state index contributed by atoms with van der Waals surface area (Å²) >= 11 is 0. The fourth-order valence-corrected chi connectivity index (χ4v) is 2.13. The van der Waals surface area contributed by atoms with Crippen molar-refractivity contribution < 1.29 is 18.3 Å². The Hall–Kier alpha value is -1.53. The maximum absolute atomic E-state index is 13.0. The molecular weight excluding hydrogens is 266 g/mol. The summed E-state index contributed by atoms with van der Waals surface area (Å²) in [5.41, 5.74) is 0.120. The molecule has 1 aliphatic rings. The molecule has 20 heavy (non-hydrogen) atoms. The molecule has 1 aromatic rings. The molecule has 0 aliphatic carbocycles. The number of rotatable bonds is 5. The van der Waals surface area contributed by atoms with Crippen LogP contribution in [-0.2, 0) is 9.53 Å². The smallest absolute Gasteiger partial charge is 0.226 e. The van der Waals surface area contributed by atoms with E-state index in [0.29, 0.717) is 6.61 Å². The van der Waals surface area contributed by atoms with E-state index in [0.717, 1.165) is 44.1 Å². The zero-order valence-electron chi connectivity index (χ0n) is 11.1. The van der Waals surface area contributed by atoms with E-state index in [9.17, 15) is 13.6 Å². The van der Waals surface area contributed by atoms with Crippen LogP contribution in [0.1, 0.15) is 19.3 Å². The van der Waals surface area contributed by atoms with Crippen molar-refractivity contribution in [3.8, 4) is 0 Å². The van der Waals surface area contributed by atoms with Gasteiger partial charge in [0.25, 0.3) is 0 Å². The first-order chi connectivity index (χ1) is 9.63. The van der Waals surface area contributed by atoms with Crippen LogP contribution >= 0.6 is 0 Å². The van der Waals surface area contributed by atoms with Gasteiger partial charge in [-0.3, -0.25) is 4.79 Å². The molecule has 1 amide bonds. The van der Waals surface area contributed by atoms with Gasteiger partial charge in [-0.2, -0.15) is 0 Å². The minimum absolute atomic E-state index is 0.120. The molecule has 0 radical (unpaired) electrons. The predicted octanol–water partition coefficient (Wildman–Crippen LogP) is 2.06. The molecule has 110 valence electrons. The molecule has 1 aliphatic heterocycles. The molecule has 0 spiro atoms. The summed E-state index contributed by atoms with van der Waals surface area (Å²) in [5.74, 6) is -1.75. The molecule has 1 saturated heterocycles. The lowest BCUT2D eigenvalue weighted by molar-refractivity contribution is -0.117. The second-order valence-electron chi connectivity index (χ2n) is 4.78. The molecule has 2 rings (SSSR count). The third-order valence-corrected chi connectivity index (χ3v) is 3.12. The van der Waals surface area contributed by atoms with E-state index in [2.05, 4.69) is 10.6 Å². The number of benzene rings is 1. The van der Waals surface area contributed by atoms with Crippen LogP contribution in [0.4, 0.5) is 14.5 Å². The van der Waals surface area contributed by atoms with Crippen molar-refractivity contribution in [3.63, 3.8) is 0 Å². The number of carbonyl (C=O) groups is 1. The fraction of sp³-hybridized carbons (Fsp3) is 0.500. The first-order valence-electron chi connectivity index (χ1n) is 6.72. The number of halogens is 2. The summed E-state index contributed by atoms with van der Waals surface area (Å²) < 4.78 is 31.5. The zero-order valence-corrected chi connectivity index (χ0v) is 11.1. The molecule has 0 aromatic heterocycles. The highest BCUT2D eigenvalue weighted by Gasteiger charge is 2.13. The van der Waals surface area contributed by atoms with Crippen LogP contribution in [0.25, 0.3) is 0 Å². The molecule has 1 fully saturated rings. The van der Waals surface area contributed by atoms with Crippen LogP contribution in [0, 0.1) is 11.6 Å². The molecule has 0 saturated carbocycles. The normalized spacial score (nSPS) is 16.1. The van der Waals surface area contributed by atoms with E-state index in [-0.39, 0.29) is 24.1 Å². The number of hydrogen-bond acceptors (Lipinski definition) is 3. The van der Waals surface area contributed by atoms with Crippen molar-refractivity contribution in [3.05, 3.63) is 29.8 Å². The highest BCUT2D eigenvalue weighted by atomic mass is 19.1. The maximum atomic E-state index is 13.0. The van der Waals surface area contributed by atoms with Crippen LogP contribution in [0.15, 0.2) is 18.2 Å². The van der Waals surface area contributed by atoms with Gasteiger partial charge in [0.05, 0.1) is 19.1 Å². The van der Waals surface area contributed by atoms with Gasteiger partial charge in [0.2, 0.25) is 5.91 Å². The minimum atomic E-state index is -0.716. The van der Waals surface area contributed by atoms with E-state index in [1.54, 1.807) is 0 Å². The fourth-order valence-electron chi connectivity index (χ4n) is 2.13. The summed E-state index contributed by atoms with van der Waals surface area (Å²) in [6.45, 7) is 2.17. The minimum Gasteiger partial charge on any atom is -0.378 e. The predicted molar refractivity (Wildman–Crippen MR) is 71.4 cm³/mol. The van der Waals surface area contributed by atoms with Gasteiger partial charge in [-0.25, -0.2) is 8.78 Å². The number of hydrogen-bond donors (Lipinski definition) is 2.